The van der Waals surface area contributed by atoms with E-state index in [1.54, 1.807) is 0 Å². The van der Waals surface area contributed by atoms with Gasteiger partial charge < -0.3 is 9.13 Å². The average Bonchev–Trinajstić information content (AvgIpc) is 3.56. The van der Waals surface area contributed by atoms with Gasteiger partial charge in [-0.2, -0.15) is 0 Å². The fourth-order valence-electron chi connectivity index (χ4n) is 5.59. The molecule has 0 aliphatic rings. The number of rotatable bonds is 4. The summed E-state index contributed by atoms with van der Waals surface area (Å²) in [6.07, 6.45) is 5.76. The van der Waals surface area contributed by atoms with E-state index < -0.39 is 0 Å². The van der Waals surface area contributed by atoms with Gasteiger partial charge in [0.25, 0.3) is 0 Å². The van der Waals surface area contributed by atoms with Crippen LogP contribution in [0.15, 0.2) is 116 Å². The van der Waals surface area contributed by atoms with Crippen molar-refractivity contribution in [2.75, 3.05) is 0 Å². The molecule has 0 spiro atoms. The van der Waals surface area contributed by atoms with E-state index in [0.717, 1.165) is 44.7 Å². The number of aromatic nitrogens is 4. The van der Waals surface area contributed by atoms with Gasteiger partial charge in [-0.05, 0) is 84.6 Å². The number of aryl methyl sites for hydroxylation is 2. The third-order valence-electron chi connectivity index (χ3n) is 7.19. The Hall–Kier alpha value is -4.31. The Morgan fingerprint density at radius 3 is 2.26 bits per heavy atom. The van der Waals surface area contributed by atoms with Crippen molar-refractivity contribution < 1.29 is 20.1 Å². The number of nitrogens with zero attached hydrogens (tertiary/aromatic N) is 4. The number of pyridine rings is 1. The predicted octanol–water partition coefficient (Wildman–Crippen LogP) is 8.11. The summed E-state index contributed by atoms with van der Waals surface area (Å²) in [5.41, 5.74) is 11.3. The van der Waals surface area contributed by atoms with E-state index >= 15 is 0 Å². The Balaban J connectivity index is 0.00000277. The van der Waals surface area contributed by atoms with Gasteiger partial charge in [0.2, 0.25) is 0 Å². The van der Waals surface area contributed by atoms with Crippen molar-refractivity contribution in [3.63, 3.8) is 0 Å². The predicted molar refractivity (Wildman–Crippen MR) is 155 cm³/mol. The van der Waals surface area contributed by atoms with Crippen LogP contribution in [0.5, 0.6) is 0 Å². The Labute approximate surface area is 241 Å². The largest absolute Gasteiger partial charge is 0.340 e. The van der Waals surface area contributed by atoms with E-state index in [2.05, 4.69) is 94.7 Å². The minimum atomic E-state index is 0. The van der Waals surface area contributed by atoms with Crippen molar-refractivity contribution in [2.24, 2.45) is 0 Å². The second kappa shape index (κ2) is 10.1. The first-order chi connectivity index (χ1) is 18.7. The Kier molecular flexibility index (Phi) is 6.48. The summed E-state index contributed by atoms with van der Waals surface area (Å²) in [6.45, 7) is 4.34. The van der Waals surface area contributed by atoms with Gasteiger partial charge in [0.15, 0.2) is 0 Å². The van der Waals surface area contributed by atoms with Crippen LogP contribution in [0.1, 0.15) is 11.1 Å². The van der Waals surface area contributed by atoms with Crippen LogP contribution in [0.3, 0.4) is 0 Å². The van der Waals surface area contributed by atoms with Gasteiger partial charge in [-0.3, -0.25) is 9.97 Å². The van der Waals surface area contributed by atoms with Gasteiger partial charge in [-0.15, -0.1) is 35.9 Å². The van der Waals surface area contributed by atoms with Crippen LogP contribution >= 0.6 is 0 Å². The molecule has 0 fully saturated rings. The zero-order valence-corrected chi connectivity index (χ0v) is 24.0. The molecule has 0 aliphatic carbocycles. The normalized spacial score (nSPS) is 11.1. The summed E-state index contributed by atoms with van der Waals surface area (Å²) in [7, 11) is 0. The molecule has 0 saturated carbocycles. The van der Waals surface area contributed by atoms with Crippen LogP contribution in [0.4, 0.5) is 0 Å². The van der Waals surface area contributed by atoms with Crippen LogP contribution in [0, 0.1) is 19.9 Å². The molecule has 4 nitrogen and oxygen atoms in total. The molecule has 0 saturated heterocycles. The molecule has 0 bridgehead atoms. The van der Waals surface area contributed by atoms with Crippen molar-refractivity contribution in [3.8, 4) is 33.9 Å². The second-order valence-corrected chi connectivity index (χ2v) is 9.63. The van der Waals surface area contributed by atoms with E-state index in [4.69, 9.17) is 4.98 Å². The molecule has 3 aromatic heterocycles. The van der Waals surface area contributed by atoms with E-state index in [1.807, 2.05) is 55.0 Å². The Morgan fingerprint density at radius 2 is 1.49 bits per heavy atom. The third kappa shape index (κ3) is 4.21. The number of benzene rings is 4. The summed E-state index contributed by atoms with van der Waals surface area (Å²) >= 11 is 0. The monoisotopic (exact) mass is 682 g/mol. The molecule has 0 N–H and O–H groups in total. The number of fused-ring (bicyclic) bond motifs is 3. The van der Waals surface area contributed by atoms with Crippen molar-refractivity contribution in [2.45, 2.75) is 13.8 Å². The molecule has 1 radical (unpaired) electrons. The number of para-hydroxylation sites is 1. The summed E-state index contributed by atoms with van der Waals surface area (Å²) in [4.78, 5) is 9.42. The number of hydrogen-bond donors (Lipinski definition) is 0. The molecular formula is C34H25IrN4-. The van der Waals surface area contributed by atoms with Gasteiger partial charge in [0, 0.05) is 55.5 Å². The SMILES string of the molecule is Cc1cc(-c2ccc3c(c2)c2ncccc2n3-c2ccccc2)cc(C)c1-n1ccnc1-c1[c-]cccc1.[Ir]. The zero-order valence-electron chi connectivity index (χ0n) is 21.6. The number of imidazole rings is 1. The van der Waals surface area contributed by atoms with Crippen LogP contribution in [0.2, 0.25) is 0 Å². The third-order valence-corrected chi connectivity index (χ3v) is 7.19. The summed E-state index contributed by atoms with van der Waals surface area (Å²) in [5, 5.41) is 1.15. The van der Waals surface area contributed by atoms with E-state index in [9.17, 15) is 0 Å². The van der Waals surface area contributed by atoms with Crippen molar-refractivity contribution >= 4 is 21.9 Å². The summed E-state index contributed by atoms with van der Waals surface area (Å²) in [6, 6.07) is 37.2. The topological polar surface area (TPSA) is 35.6 Å². The molecule has 0 atom stereocenters. The average molecular weight is 682 g/mol. The maximum Gasteiger partial charge on any atom is 0.0963 e. The fourth-order valence-corrected chi connectivity index (χ4v) is 5.59. The molecule has 0 aliphatic heterocycles. The quantitative estimate of drug-likeness (QED) is 0.176. The number of hydrogen-bond acceptors (Lipinski definition) is 2. The maximum atomic E-state index is 4.78. The molecular weight excluding hydrogens is 657 g/mol. The zero-order chi connectivity index (χ0) is 25.6. The van der Waals surface area contributed by atoms with Gasteiger partial charge in [-0.1, -0.05) is 24.3 Å². The first-order valence-electron chi connectivity index (χ1n) is 12.8. The fraction of sp³-hybridized carbons (Fsp3) is 0.0588. The van der Waals surface area contributed by atoms with E-state index in [-0.39, 0.29) is 20.1 Å². The van der Waals surface area contributed by atoms with Crippen molar-refractivity contribution in [1.29, 1.82) is 0 Å². The molecule has 39 heavy (non-hydrogen) atoms. The molecule has 0 amide bonds. The van der Waals surface area contributed by atoms with E-state index in [0.29, 0.717) is 0 Å². The molecule has 0 unspecified atom stereocenters. The van der Waals surface area contributed by atoms with Crippen molar-refractivity contribution in [3.05, 3.63) is 133 Å². The molecule has 191 valence electrons. The smallest absolute Gasteiger partial charge is 0.0963 e. The molecule has 7 rings (SSSR count). The minimum absolute atomic E-state index is 0. The molecule has 5 heteroatoms. The second-order valence-electron chi connectivity index (χ2n) is 9.63. The Morgan fingerprint density at radius 1 is 0.692 bits per heavy atom. The standard InChI is InChI=1S/C34H25N4.Ir/c1-23-20-27(21-24(2)33(23)37-19-18-36-34(37)25-10-5-3-6-11-25)26-15-16-30-29(22-26)32-31(14-9-17-35-32)38(30)28-12-7-4-8-13-28;/h3-10,12-22H,1-2H3;/q-1;. The van der Waals surface area contributed by atoms with Crippen LogP contribution < -0.4 is 0 Å². The molecule has 7 aromatic rings. The van der Waals surface area contributed by atoms with Gasteiger partial charge in [-0.25, -0.2) is 0 Å². The minimum Gasteiger partial charge on any atom is -0.340 e. The van der Waals surface area contributed by atoms with Gasteiger partial charge in [0.1, 0.15) is 0 Å². The molecule has 4 aromatic carbocycles. The van der Waals surface area contributed by atoms with Gasteiger partial charge in [0.05, 0.1) is 22.4 Å². The van der Waals surface area contributed by atoms with Crippen LogP contribution in [-0.4, -0.2) is 19.1 Å². The first kappa shape index (κ1) is 25.0. The van der Waals surface area contributed by atoms with Crippen molar-refractivity contribution in [1.82, 2.24) is 19.1 Å². The molecule has 3 heterocycles. The van der Waals surface area contributed by atoms with E-state index in [1.165, 1.54) is 22.3 Å². The van der Waals surface area contributed by atoms with Crippen LogP contribution in [0.25, 0.3) is 55.8 Å². The Bertz CT molecular complexity index is 1910. The summed E-state index contributed by atoms with van der Waals surface area (Å²) in [5.74, 6) is 0.894. The first-order valence-corrected chi connectivity index (χ1v) is 12.8. The van der Waals surface area contributed by atoms with Gasteiger partial charge >= 0.3 is 0 Å². The maximum absolute atomic E-state index is 4.78. The summed E-state index contributed by atoms with van der Waals surface area (Å²) < 4.78 is 4.46. The van der Waals surface area contributed by atoms with Crippen LogP contribution in [-0.2, 0) is 20.1 Å².